The van der Waals surface area contributed by atoms with E-state index in [4.69, 9.17) is 19.1 Å². The van der Waals surface area contributed by atoms with E-state index >= 15 is 0 Å². The van der Waals surface area contributed by atoms with Crippen LogP contribution in [0.5, 0.6) is 0 Å². The molecule has 0 saturated carbocycles. The van der Waals surface area contributed by atoms with Crippen LogP contribution in [-0.4, -0.2) is 43.3 Å². The predicted molar refractivity (Wildman–Crippen MR) is 118 cm³/mol. The van der Waals surface area contributed by atoms with Crippen LogP contribution in [0.2, 0.25) is 0 Å². The lowest BCUT2D eigenvalue weighted by molar-refractivity contribution is -0.159. The average Bonchev–Trinajstić information content (AvgIpc) is 2.60. The molecule has 0 aromatic rings. The van der Waals surface area contributed by atoms with Crippen LogP contribution in [0.3, 0.4) is 0 Å². The fourth-order valence-electron chi connectivity index (χ4n) is 1.70. The molecule has 0 saturated heterocycles. The van der Waals surface area contributed by atoms with Crippen molar-refractivity contribution in [2.45, 2.75) is 74.7 Å². The lowest BCUT2D eigenvalue weighted by atomic mass is 9.98. The normalized spacial score (nSPS) is 12.3. The molecule has 0 heterocycles. The van der Waals surface area contributed by atoms with Crippen molar-refractivity contribution >= 4 is 20.1 Å². The summed E-state index contributed by atoms with van der Waals surface area (Å²) in [5.41, 5.74) is -0.562. The van der Waals surface area contributed by atoms with Gasteiger partial charge in [-0.3, -0.25) is 9.59 Å². The van der Waals surface area contributed by atoms with E-state index < -0.39 is 19.5 Å². The first-order valence-corrected chi connectivity index (χ1v) is 11.9. The molecule has 2 atom stereocenters. The molecule has 0 bridgehead atoms. The Balaban J connectivity index is -0.00000113. The first-order valence-electron chi connectivity index (χ1n) is 10.0. The topological polar surface area (TPSA) is 82.1 Å². The number of esters is 1. The zero-order chi connectivity index (χ0) is 22.8. The summed E-state index contributed by atoms with van der Waals surface area (Å²) in [6.45, 7) is 21.6. The van der Waals surface area contributed by atoms with Crippen LogP contribution >= 0.6 is 8.15 Å². The quantitative estimate of drug-likeness (QED) is 0.189. The van der Waals surface area contributed by atoms with Crippen molar-refractivity contribution in [3.05, 3.63) is 12.3 Å². The third-order valence-electron chi connectivity index (χ3n) is 3.04. The SMILES string of the molecule is C=C(OCC)C(CCC(=O)O)CP(C)OCOC(=O)C(C)(C)C.CC.CCC. The maximum absolute atomic E-state index is 11.6. The smallest absolute Gasteiger partial charge is 0.313 e. The molecule has 0 aliphatic carbocycles. The highest BCUT2D eigenvalue weighted by molar-refractivity contribution is 7.51. The Labute approximate surface area is 173 Å². The largest absolute Gasteiger partial charge is 0.499 e. The molecule has 0 spiro atoms. The standard InChI is InChI=1S/C16H29O6P.C3H8.C2H6/c1-7-20-12(2)13(8-9-14(17)18)10-23(6)22-11-21-15(19)16(3,4)5;1-3-2;1-2/h13H,2,7-11H2,1,3-6H3,(H,17,18);3H2,1-2H3;1-2H3. The average molecular weight is 423 g/mol. The van der Waals surface area contributed by atoms with Gasteiger partial charge in [-0.1, -0.05) is 40.7 Å². The lowest BCUT2D eigenvalue weighted by Gasteiger charge is -2.23. The van der Waals surface area contributed by atoms with Crippen molar-refractivity contribution in [1.29, 1.82) is 0 Å². The summed E-state index contributed by atoms with van der Waals surface area (Å²) in [4.78, 5) is 22.4. The molecule has 0 amide bonds. The van der Waals surface area contributed by atoms with Gasteiger partial charge in [0.05, 0.1) is 17.8 Å². The van der Waals surface area contributed by atoms with Gasteiger partial charge in [-0.25, -0.2) is 0 Å². The molecule has 2 unspecified atom stereocenters. The maximum Gasteiger partial charge on any atom is 0.313 e. The molecule has 0 aromatic carbocycles. The lowest BCUT2D eigenvalue weighted by Crippen LogP contribution is -2.23. The Morgan fingerprint density at radius 2 is 1.61 bits per heavy atom. The molecule has 1 N–H and O–H groups in total. The van der Waals surface area contributed by atoms with Crippen molar-refractivity contribution in [2.75, 3.05) is 26.2 Å². The molecule has 0 radical (unpaired) electrons. The van der Waals surface area contributed by atoms with Crippen LogP contribution in [0.15, 0.2) is 12.3 Å². The molecule has 0 rings (SSSR count). The van der Waals surface area contributed by atoms with Crippen molar-refractivity contribution < 1.29 is 28.7 Å². The summed E-state index contributed by atoms with van der Waals surface area (Å²) in [5, 5.41) is 8.83. The van der Waals surface area contributed by atoms with E-state index in [0.29, 0.717) is 24.9 Å². The summed E-state index contributed by atoms with van der Waals surface area (Å²) in [5.74, 6) is -0.666. The summed E-state index contributed by atoms with van der Waals surface area (Å²) >= 11 is 0. The van der Waals surface area contributed by atoms with Crippen LogP contribution in [0.25, 0.3) is 0 Å². The molecular formula is C21H43O6P. The molecule has 0 aliphatic heterocycles. The highest BCUT2D eigenvalue weighted by Crippen LogP contribution is 2.38. The summed E-state index contributed by atoms with van der Waals surface area (Å²) in [6, 6.07) is 0. The Hall–Kier alpha value is -1.13. The van der Waals surface area contributed by atoms with E-state index in [1.807, 2.05) is 27.4 Å². The minimum atomic E-state index is -0.871. The van der Waals surface area contributed by atoms with Crippen molar-refractivity contribution in [3.63, 3.8) is 0 Å². The van der Waals surface area contributed by atoms with Crippen LogP contribution < -0.4 is 0 Å². The number of rotatable bonds is 11. The van der Waals surface area contributed by atoms with Gasteiger partial charge in [-0.2, -0.15) is 0 Å². The number of carbonyl (C=O) groups is 2. The Morgan fingerprint density at radius 3 is 2.00 bits per heavy atom. The zero-order valence-corrected chi connectivity index (χ0v) is 20.4. The molecular weight excluding hydrogens is 379 g/mol. The highest BCUT2D eigenvalue weighted by Gasteiger charge is 2.24. The van der Waals surface area contributed by atoms with Gasteiger partial charge < -0.3 is 19.1 Å². The van der Waals surface area contributed by atoms with Crippen LogP contribution in [0.1, 0.15) is 74.7 Å². The van der Waals surface area contributed by atoms with Gasteiger partial charge in [-0.15, -0.1) is 0 Å². The Kier molecular flexibility index (Phi) is 21.6. The molecule has 0 aliphatic rings. The second-order valence-electron chi connectivity index (χ2n) is 6.97. The number of allylic oxidation sites excluding steroid dienone is 1. The number of aliphatic carboxylic acids is 1. The summed E-state index contributed by atoms with van der Waals surface area (Å²) in [6.07, 6.45) is 2.37. The van der Waals surface area contributed by atoms with Gasteiger partial charge in [0, 0.05) is 26.6 Å². The van der Waals surface area contributed by atoms with E-state index in [9.17, 15) is 9.59 Å². The minimum absolute atomic E-state index is 0.0545. The summed E-state index contributed by atoms with van der Waals surface area (Å²) in [7, 11) is -0.871. The maximum atomic E-state index is 11.6. The third-order valence-corrected chi connectivity index (χ3v) is 4.55. The minimum Gasteiger partial charge on any atom is -0.499 e. The van der Waals surface area contributed by atoms with E-state index in [1.54, 1.807) is 20.8 Å². The fraction of sp³-hybridized carbons (Fsp3) is 0.810. The zero-order valence-electron chi connectivity index (χ0n) is 19.5. The van der Waals surface area contributed by atoms with Gasteiger partial charge in [-0.05, 0) is 40.8 Å². The number of ether oxygens (including phenoxy) is 2. The predicted octanol–water partition coefficient (Wildman–Crippen LogP) is 6.05. The number of hydrogen-bond donors (Lipinski definition) is 1. The Morgan fingerprint density at radius 1 is 1.11 bits per heavy atom. The molecule has 6 nitrogen and oxygen atoms in total. The number of carboxylic acids is 1. The van der Waals surface area contributed by atoms with Gasteiger partial charge in [0.2, 0.25) is 0 Å². The number of carbonyl (C=O) groups excluding carboxylic acids is 1. The molecule has 0 fully saturated rings. The summed E-state index contributed by atoms with van der Waals surface area (Å²) < 4.78 is 16.0. The van der Waals surface area contributed by atoms with Crippen LogP contribution in [0, 0.1) is 11.3 Å². The second kappa shape index (κ2) is 19.2. The van der Waals surface area contributed by atoms with Crippen molar-refractivity contribution in [2.24, 2.45) is 11.3 Å². The molecule has 7 heteroatoms. The molecule has 0 aromatic heterocycles. The van der Waals surface area contributed by atoms with E-state index in [1.165, 1.54) is 6.42 Å². The monoisotopic (exact) mass is 422 g/mol. The number of carboxylic acid groups (broad SMARTS) is 1. The first kappa shape index (κ1) is 31.6. The van der Waals surface area contributed by atoms with Crippen LogP contribution in [-0.2, 0) is 23.6 Å². The first-order chi connectivity index (χ1) is 13.0. The molecule has 168 valence electrons. The fourth-order valence-corrected chi connectivity index (χ4v) is 3.05. The highest BCUT2D eigenvalue weighted by atomic mass is 31.1. The van der Waals surface area contributed by atoms with Crippen LogP contribution in [0.4, 0.5) is 0 Å². The Bertz CT molecular complexity index is 418. The van der Waals surface area contributed by atoms with E-state index in [0.717, 1.165) is 0 Å². The van der Waals surface area contributed by atoms with Gasteiger partial charge in [0.1, 0.15) is 0 Å². The molecule has 28 heavy (non-hydrogen) atoms. The van der Waals surface area contributed by atoms with Gasteiger partial charge in [0.15, 0.2) is 6.79 Å². The van der Waals surface area contributed by atoms with Gasteiger partial charge >= 0.3 is 11.9 Å². The van der Waals surface area contributed by atoms with Gasteiger partial charge in [0.25, 0.3) is 0 Å². The van der Waals surface area contributed by atoms with Crippen molar-refractivity contribution in [1.82, 2.24) is 0 Å². The van der Waals surface area contributed by atoms with E-state index in [2.05, 4.69) is 20.4 Å². The number of hydrogen-bond acceptors (Lipinski definition) is 5. The van der Waals surface area contributed by atoms with E-state index in [-0.39, 0.29) is 25.1 Å². The van der Waals surface area contributed by atoms with Crippen molar-refractivity contribution in [3.8, 4) is 0 Å². The second-order valence-corrected chi connectivity index (χ2v) is 8.85. The third kappa shape index (κ3) is 19.6.